The molecule has 7 nitrogen and oxygen atoms in total. The van der Waals surface area contributed by atoms with Crippen molar-refractivity contribution in [3.05, 3.63) is 29.3 Å². The van der Waals surface area contributed by atoms with E-state index < -0.39 is 16.1 Å². The number of benzene rings is 1. The van der Waals surface area contributed by atoms with Gasteiger partial charge in [0.05, 0.1) is 6.54 Å². The SMILES string of the molecule is CCCN(CC1CC1)C(=O)CN1CCC[C@H](NS(=O)(=O)c2cc3ccc(Cl)cc3s2)C1=O. The third kappa shape index (κ3) is 5.44. The summed E-state index contributed by atoms with van der Waals surface area (Å²) in [5.41, 5.74) is 0. The lowest BCUT2D eigenvalue weighted by molar-refractivity contribution is -0.143. The lowest BCUT2D eigenvalue weighted by Gasteiger charge is -2.33. The molecule has 2 amide bonds. The standard InChI is InChI=1S/C22H28ClN3O4S2/c1-2-9-25(13-15-5-6-15)20(27)14-26-10-3-4-18(22(26)28)24-32(29,30)21-11-16-7-8-17(23)12-19(16)31-21/h7-8,11-12,15,18,24H,2-6,9-10,13-14H2,1H3/t18-/m0/s1. The Hall–Kier alpha value is -1.68. The van der Waals surface area contributed by atoms with Crippen LogP contribution in [-0.2, 0) is 19.6 Å². The molecule has 4 rings (SSSR count). The Kier molecular flexibility index (Phi) is 7.09. The molecule has 2 aromatic rings. The second-order valence-corrected chi connectivity index (χ2v) is 12.1. The number of piperidine rings is 1. The molecule has 0 bridgehead atoms. The van der Waals surface area contributed by atoms with Crippen LogP contribution in [0.15, 0.2) is 28.5 Å². The maximum atomic E-state index is 13.0. The molecule has 0 unspecified atom stereocenters. The van der Waals surface area contributed by atoms with Crippen molar-refractivity contribution in [2.75, 3.05) is 26.2 Å². The van der Waals surface area contributed by atoms with Gasteiger partial charge in [-0.3, -0.25) is 9.59 Å². The van der Waals surface area contributed by atoms with Crippen molar-refractivity contribution >= 4 is 54.9 Å². The van der Waals surface area contributed by atoms with Crippen LogP contribution in [-0.4, -0.2) is 62.3 Å². The fourth-order valence-electron chi connectivity index (χ4n) is 4.03. The van der Waals surface area contributed by atoms with E-state index in [1.807, 2.05) is 11.8 Å². The van der Waals surface area contributed by atoms with Gasteiger partial charge in [-0.25, -0.2) is 8.42 Å². The molecular weight excluding hydrogens is 470 g/mol. The first kappa shape index (κ1) is 23.5. The number of thiophene rings is 1. The van der Waals surface area contributed by atoms with Crippen molar-refractivity contribution in [2.24, 2.45) is 5.92 Å². The van der Waals surface area contributed by atoms with Gasteiger partial charge >= 0.3 is 0 Å². The molecule has 0 spiro atoms. The maximum absolute atomic E-state index is 13.0. The number of likely N-dealkylation sites (tertiary alicyclic amines) is 1. The first-order valence-corrected chi connectivity index (χ1v) is 13.7. The van der Waals surface area contributed by atoms with Gasteiger partial charge in [-0.2, -0.15) is 4.72 Å². The molecule has 10 heteroatoms. The van der Waals surface area contributed by atoms with Gasteiger partial charge in [0.15, 0.2) is 0 Å². The van der Waals surface area contributed by atoms with Crippen LogP contribution in [0.4, 0.5) is 0 Å². The molecule has 2 fully saturated rings. The van der Waals surface area contributed by atoms with Crippen LogP contribution in [0.2, 0.25) is 5.02 Å². The Morgan fingerprint density at radius 1 is 1.28 bits per heavy atom. The van der Waals surface area contributed by atoms with Gasteiger partial charge < -0.3 is 9.80 Å². The Morgan fingerprint density at radius 2 is 2.06 bits per heavy atom. The molecule has 2 heterocycles. The van der Waals surface area contributed by atoms with E-state index in [2.05, 4.69) is 4.72 Å². The number of nitrogens with one attached hydrogen (secondary N) is 1. The van der Waals surface area contributed by atoms with Gasteiger partial charge in [-0.15, -0.1) is 11.3 Å². The smallest absolute Gasteiger partial charge is 0.250 e. The van der Waals surface area contributed by atoms with Crippen LogP contribution in [0.3, 0.4) is 0 Å². The average Bonchev–Trinajstić information content (AvgIpc) is 3.45. The lowest BCUT2D eigenvalue weighted by Crippen LogP contribution is -2.54. The van der Waals surface area contributed by atoms with Crippen LogP contribution < -0.4 is 4.72 Å². The van der Waals surface area contributed by atoms with E-state index in [0.29, 0.717) is 36.9 Å². The predicted molar refractivity (Wildman–Crippen MR) is 126 cm³/mol. The number of amides is 2. The first-order valence-electron chi connectivity index (χ1n) is 11.0. The molecule has 174 valence electrons. The Balaban J connectivity index is 1.43. The Morgan fingerprint density at radius 3 is 2.78 bits per heavy atom. The van der Waals surface area contributed by atoms with Crippen LogP contribution in [0.25, 0.3) is 10.1 Å². The van der Waals surface area contributed by atoms with Crippen molar-refractivity contribution in [1.82, 2.24) is 14.5 Å². The Labute approximate surface area is 197 Å². The van der Waals surface area contributed by atoms with Crippen molar-refractivity contribution < 1.29 is 18.0 Å². The number of hydrogen-bond donors (Lipinski definition) is 1. The summed E-state index contributed by atoms with van der Waals surface area (Å²) in [6.07, 6.45) is 4.24. The monoisotopic (exact) mass is 497 g/mol. The number of carbonyl (C=O) groups excluding carboxylic acids is 2. The van der Waals surface area contributed by atoms with Gasteiger partial charge in [-0.05, 0) is 61.6 Å². The maximum Gasteiger partial charge on any atom is 0.250 e. The van der Waals surface area contributed by atoms with E-state index in [0.717, 1.165) is 47.2 Å². The van der Waals surface area contributed by atoms with Crippen molar-refractivity contribution in [2.45, 2.75) is 49.3 Å². The topological polar surface area (TPSA) is 86.8 Å². The summed E-state index contributed by atoms with van der Waals surface area (Å²) in [6.45, 7) is 3.94. The molecule has 1 N–H and O–H groups in total. The second kappa shape index (κ2) is 9.67. The lowest BCUT2D eigenvalue weighted by atomic mass is 10.1. The minimum Gasteiger partial charge on any atom is -0.341 e. The fourth-order valence-corrected chi connectivity index (χ4v) is 6.94. The van der Waals surface area contributed by atoms with Crippen LogP contribution >= 0.6 is 22.9 Å². The summed E-state index contributed by atoms with van der Waals surface area (Å²) >= 11 is 7.13. The number of sulfonamides is 1. The molecule has 1 saturated carbocycles. The molecule has 1 saturated heterocycles. The van der Waals surface area contributed by atoms with Crippen molar-refractivity contribution in [3.63, 3.8) is 0 Å². The first-order chi connectivity index (χ1) is 15.3. The molecule has 1 aliphatic heterocycles. The van der Waals surface area contributed by atoms with Crippen molar-refractivity contribution in [1.29, 1.82) is 0 Å². The highest BCUT2D eigenvalue weighted by atomic mass is 35.5. The van der Waals surface area contributed by atoms with Crippen LogP contribution in [0, 0.1) is 5.92 Å². The molecule has 2 aliphatic rings. The van der Waals surface area contributed by atoms with Crippen LogP contribution in [0.1, 0.15) is 39.0 Å². The molecule has 0 radical (unpaired) electrons. The van der Waals surface area contributed by atoms with E-state index in [-0.39, 0.29) is 22.6 Å². The highest BCUT2D eigenvalue weighted by molar-refractivity contribution is 7.91. The minimum absolute atomic E-state index is 0.00513. The van der Waals surface area contributed by atoms with Gasteiger partial charge in [0, 0.05) is 29.4 Å². The van der Waals surface area contributed by atoms with E-state index >= 15 is 0 Å². The summed E-state index contributed by atoms with van der Waals surface area (Å²) in [4.78, 5) is 29.2. The average molecular weight is 498 g/mol. The van der Waals surface area contributed by atoms with Gasteiger partial charge in [0.1, 0.15) is 10.3 Å². The van der Waals surface area contributed by atoms with Crippen molar-refractivity contribution in [3.8, 4) is 0 Å². The molecule has 1 aromatic heterocycles. The third-order valence-corrected chi connectivity index (χ3v) is 9.18. The molecule has 32 heavy (non-hydrogen) atoms. The summed E-state index contributed by atoms with van der Waals surface area (Å²) < 4.78 is 29.4. The summed E-state index contributed by atoms with van der Waals surface area (Å²) in [6, 6.07) is 5.94. The van der Waals surface area contributed by atoms with E-state index in [9.17, 15) is 18.0 Å². The number of halogens is 1. The number of hydrogen-bond acceptors (Lipinski definition) is 5. The van der Waals surface area contributed by atoms with Crippen LogP contribution in [0.5, 0.6) is 0 Å². The zero-order chi connectivity index (χ0) is 22.9. The number of fused-ring (bicyclic) bond motifs is 1. The zero-order valence-electron chi connectivity index (χ0n) is 18.0. The number of carbonyl (C=O) groups is 2. The van der Waals surface area contributed by atoms with Gasteiger partial charge in [0.2, 0.25) is 11.8 Å². The molecule has 1 aliphatic carbocycles. The summed E-state index contributed by atoms with van der Waals surface area (Å²) in [5, 5.41) is 1.33. The third-order valence-electron chi connectivity index (χ3n) is 5.90. The van der Waals surface area contributed by atoms with E-state index in [1.165, 1.54) is 4.90 Å². The fraction of sp³-hybridized carbons (Fsp3) is 0.545. The minimum atomic E-state index is -3.87. The largest absolute Gasteiger partial charge is 0.341 e. The van der Waals surface area contributed by atoms with Gasteiger partial charge in [-0.1, -0.05) is 24.6 Å². The van der Waals surface area contributed by atoms with Gasteiger partial charge in [0.25, 0.3) is 10.0 Å². The summed E-state index contributed by atoms with van der Waals surface area (Å²) in [5.74, 6) is 0.190. The zero-order valence-corrected chi connectivity index (χ0v) is 20.4. The predicted octanol–water partition coefficient (Wildman–Crippen LogP) is 3.47. The Bertz CT molecular complexity index is 1110. The quantitative estimate of drug-likeness (QED) is 0.574. The highest BCUT2D eigenvalue weighted by Gasteiger charge is 2.35. The second-order valence-electron chi connectivity index (χ2n) is 8.61. The molecule has 1 atom stereocenters. The number of rotatable bonds is 9. The normalized spacial score (nSPS) is 19.5. The molecule has 1 aromatic carbocycles. The summed E-state index contributed by atoms with van der Waals surface area (Å²) in [7, 11) is -3.87. The molecular formula is C22H28ClN3O4S2. The number of nitrogens with zero attached hydrogens (tertiary/aromatic N) is 2. The highest BCUT2D eigenvalue weighted by Crippen LogP contribution is 2.32. The van der Waals surface area contributed by atoms with E-state index in [4.69, 9.17) is 11.6 Å². The van der Waals surface area contributed by atoms with E-state index in [1.54, 1.807) is 24.3 Å².